The lowest BCUT2D eigenvalue weighted by Crippen LogP contribution is -2.46. The molecule has 1 unspecified atom stereocenters. The smallest absolute Gasteiger partial charge is 0.244 e. The second-order valence-electron chi connectivity index (χ2n) is 5.40. The highest BCUT2D eigenvalue weighted by molar-refractivity contribution is 9.10. The first kappa shape index (κ1) is 16.7. The van der Waals surface area contributed by atoms with Gasteiger partial charge in [0.25, 0.3) is 0 Å². The second-order valence-corrected chi connectivity index (χ2v) is 7.96. The molecule has 1 atom stereocenters. The maximum atomic E-state index is 12.7. The van der Waals surface area contributed by atoms with Crippen molar-refractivity contribution in [2.75, 3.05) is 25.1 Å². The molecule has 1 aliphatic heterocycles. The van der Waals surface area contributed by atoms with E-state index in [9.17, 15) is 8.42 Å². The van der Waals surface area contributed by atoms with E-state index >= 15 is 0 Å². The largest absolute Gasteiger partial charge is 0.379 e. The lowest BCUT2D eigenvalue weighted by Gasteiger charge is -2.24. The van der Waals surface area contributed by atoms with Crippen LogP contribution in [0.3, 0.4) is 0 Å². The van der Waals surface area contributed by atoms with Crippen LogP contribution in [0, 0.1) is 0 Å². The molecule has 2 rings (SSSR count). The van der Waals surface area contributed by atoms with E-state index in [0.717, 1.165) is 6.42 Å². The van der Waals surface area contributed by atoms with Crippen molar-refractivity contribution in [3.63, 3.8) is 0 Å². The maximum Gasteiger partial charge on any atom is 0.244 e. The Balaban J connectivity index is 2.31. The highest BCUT2D eigenvalue weighted by Crippen LogP contribution is 2.26. The third-order valence-corrected chi connectivity index (χ3v) is 5.34. The summed E-state index contributed by atoms with van der Waals surface area (Å²) in [5.74, 6) is 0.370. The normalized spacial score (nSPS) is 22.4. The molecule has 2 N–H and O–H groups in total. The first-order chi connectivity index (χ1) is 9.86. The molecule has 0 spiro atoms. The van der Waals surface area contributed by atoms with Gasteiger partial charge in [-0.3, -0.25) is 0 Å². The van der Waals surface area contributed by atoms with Crippen molar-refractivity contribution in [3.05, 3.63) is 16.7 Å². The van der Waals surface area contributed by atoms with Gasteiger partial charge in [0.15, 0.2) is 0 Å². The fourth-order valence-electron chi connectivity index (χ4n) is 2.13. The number of rotatable bonds is 6. The zero-order chi connectivity index (χ0) is 15.5. The van der Waals surface area contributed by atoms with Crippen molar-refractivity contribution in [2.45, 2.75) is 37.1 Å². The summed E-state index contributed by atoms with van der Waals surface area (Å²) in [6.07, 6.45) is 3.12. The molecule has 1 saturated heterocycles. The number of hydrogen-bond donors (Lipinski definition) is 2. The Labute approximate surface area is 133 Å². The van der Waals surface area contributed by atoms with Crippen LogP contribution in [0.5, 0.6) is 0 Å². The van der Waals surface area contributed by atoms with Crippen LogP contribution in [0.1, 0.15) is 26.7 Å². The highest BCUT2D eigenvalue weighted by Gasteiger charge is 2.35. The molecule has 2 heterocycles. The molecule has 1 fully saturated rings. The zero-order valence-corrected chi connectivity index (χ0v) is 14.6. The number of nitrogens with one attached hydrogen (secondary N) is 2. The molecule has 0 aliphatic carbocycles. The van der Waals surface area contributed by atoms with E-state index in [1.807, 2.05) is 13.8 Å². The van der Waals surface area contributed by atoms with E-state index in [-0.39, 0.29) is 4.90 Å². The van der Waals surface area contributed by atoms with Crippen molar-refractivity contribution >= 4 is 31.8 Å². The van der Waals surface area contributed by atoms with Crippen molar-refractivity contribution in [2.24, 2.45) is 0 Å². The second kappa shape index (κ2) is 6.60. The van der Waals surface area contributed by atoms with Crippen molar-refractivity contribution in [3.8, 4) is 0 Å². The fourth-order valence-corrected chi connectivity index (χ4v) is 4.19. The number of pyridine rings is 1. The first-order valence-corrected chi connectivity index (χ1v) is 9.15. The molecule has 6 nitrogen and oxygen atoms in total. The third-order valence-electron chi connectivity index (χ3n) is 3.25. The molecule has 1 aliphatic rings. The topological polar surface area (TPSA) is 80.3 Å². The van der Waals surface area contributed by atoms with Gasteiger partial charge in [0, 0.05) is 23.8 Å². The van der Waals surface area contributed by atoms with Crippen LogP contribution in [0.2, 0.25) is 0 Å². The van der Waals surface area contributed by atoms with Gasteiger partial charge in [0.2, 0.25) is 10.0 Å². The van der Waals surface area contributed by atoms with Gasteiger partial charge in [-0.25, -0.2) is 18.1 Å². The molecule has 118 valence electrons. The van der Waals surface area contributed by atoms with E-state index in [1.165, 1.54) is 0 Å². The quantitative estimate of drug-likeness (QED) is 0.793. The van der Waals surface area contributed by atoms with Gasteiger partial charge in [-0.2, -0.15) is 0 Å². The van der Waals surface area contributed by atoms with E-state index in [4.69, 9.17) is 4.74 Å². The van der Waals surface area contributed by atoms with E-state index in [2.05, 4.69) is 31.0 Å². The van der Waals surface area contributed by atoms with Gasteiger partial charge in [-0.15, -0.1) is 0 Å². The molecule has 1 aromatic rings. The molecule has 0 aromatic carbocycles. The summed E-state index contributed by atoms with van der Waals surface area (Å²) in [7, 11) is -3.67. The van der Waals surface area contributed by atoms with Crippen molar-refractivity contribution in [1.29, 1.82) is 0 Å². The van der Waals surface area contributed by atoms with Gasteiger partial charge in [0.05, 0.1) is 12.1 Å². The fraction of sp³-hybridized carbons (Fsp3) is 0.615. The molecule has 0 amide bonds. The summed E-state index contributed by atoms with van der Waals surface area (Å²) in [6, 6.07) is 1.56. The van der Waals surface area contributed by atoms with Gasteiger partial charge in [-0.1, -0.05) is 6.92 Å². The monoisotopic (exact) mass is 377 g/mol. The minimum atomic E-state index is -3.67. The van der Waals surface area contributed by atoms with Gasteiger partial charge in [-0.05, 0) is 41.8 Å². The van der Waals surface area contributed by atoms with Crippen molar-refractivity contribution in [1.82, 2.24) is 9.71 Å². The Hall–Kier alpha value is -0.700. The molecule has 8 heteroatoms. The van der Waals surface area contributed by atoms with Crippen molar-refractivity contribution < 1.29 is 13.2 Å². The maximum absolute atomic E-state index is 12.7. The predicted molar refractivity (Wildman–Crippen MR) is 84.9 cm³/mol. The van der Waals surface area contributed by atoms with Gasteiger partial charge < -0.3 is 10.1 Å². The predicted octanol–water partition coefficient (Wildman–Crippen LogP) is 2.12. The zero-order valence-electron chi connectivity index (χ0n) is 12.1. The average molecular weight is 378 g/mol. The van der Waals surface area contributed by atoms with Crippen LogP contribution in [0.4, 0.5) is 5.82 Å². The van der Waals surface area contributed by atoms with E-state index in [1.54, 1.807) is 12.3 Å². The summed E-state index contributed by atoms with van der Waals surface area (Å²) in [5.41, 5.74) is -0.566. The highest BCUT2D eigenvalue weighted by atomic mass is 79.9. The average Bonchev–Trinajstić information content (AvgIpc) is 2.82. The standard InChI is InChI=1S/C13H20BrN3O3S/c1-3-5-15-12-11(7-10(14)8-16-12)21(18,19)17-13(2)4-6-20-9-13/h7-8,17H,3-6,9H2,1-2H3,(H,15,16). The minimum absolute atomic E-state index is 0.151. The molecular formula is C13H20BrN3O3S. The number of halogens is 1. The van der Waals surface area contributed by atoms with Crippen LogP contribution in [0.25, 0.3) is 0 Å². The summed E-state index contributed by atoms with van der Waals surface area (Å²) in [6.45, 7) is 5.47. The number of anilines is 1. The summed E-state index contributed by atoms with van der Waals surface area (Å²) < 4.78 is 34.0. The Bertz CT molecular complexity index is 601. The molecule has 1 aromatic heterocycles. The van der Waals surface area contributed by atoms with Crippen LogP contribution >= 0.6 is 15.9 Å². The number of sulfonamides is 1. The third kappa shape index (κ3) is 4.15. The first-order valence-electron chi connectivity index (χ1n) is 6.87. The Morgan fingerprint density at radius 3 is 2.90 bits per heavy atom. The van der Waals surface area contributed by atoms with Gasteiger partial charge >= 0.3 is 0 Å². The van der Waals surface area contributed by atoms with Crippen LogP contribution in [0.15, 0.2) is 21.6 Å². The minimum Gasteiger partial charge on any atom is -0.379 e. The summed E-state index contributed by atoms with van der Waals surface area (Å²) in [4.78, 5) is 4.32. The molecule has 0 radical (unpaired) electrons. The molecular weight excluding hydrogens is 358 g/mol. The lowest BCUT2D eigenvalue weighted by atomic mass is 10.0. The number of hydrogen-bond acceptors (Lipinski definition) is 5. The number of nitrogens with zero attached hydrogens (tertiary/aromatic N) is 1. The Morgan fingerprint density at radius 2 is 2.29 bits per heavy atom. The van der Waals surface area contributed by atoms with E-state index in [0.29, 0.717) is 36.5 Å². The number of ether oxygens (including phenoxy) is 1. The van der Waals surface area contributed by atoms with Crippen LogP contribution in [-0.4, -0.2) is 38.7 Å². The summed E-state index contributed by atoms with van der Waals surface area (Å²) in [5, 5.41) is 3.05. The lowest BCUT2D eigenvalue weighted by molar-refractivity contribution is 0.178. The number of aromatic nitrogens is 1. The molecule has 0 saturated carbocycles. The Kier molecular flexibility index (Phi) is 5.24. The summed E-state index contributed by atoms with van der Waals surface area (Å²) >= 11 is 3.28. The van der Waals surface area contributed by atoms with Crippen LogP contribution < -0.4 is 10.0 Å². The van der Waals surface area contributed by atoms with Gasteiger partial charge in [0.1, 0.15) is 10.7 Å². The van der Waals surface area contributed by atoms with Crippen LogP contribution in [-0.2, 0) is 14.8 Å². The SMILES string of the molecule is CCCNc1ncc(Br)cc1S(=O)(=O)NC1(C)CCOC1. The molecule has 21 heavy (non-hydrogen) atoms. The Morgan fingerprint density at radius 1 is 1.52 bits per heavy atom. The van der Waals surface area contributed by atoms with E-state index < -0.39 is 15.6 Å². The molecule has 0 bridgehead atoms.